The lowest BCUT2D eigenvalue weighted by atomic mass is 10.1. The number of rotatable bonds is 10. The lowest BCUT2D eigenvalue weighted by Crippen LogP contribution is -2.36. The van der Waals surface area contributed by atoms with E-state index in [-0.39, 0.29) is 31.1 Å². The molecule has 0 saturated carbocycles. The first-order chi connectivity index (χ1) is 18.4. The quantitative estimate of drug-likeness (QED) is 0.303. The average Bonchev–Trinajstić information content (AvgIpc) is 3.47. The number of hydrogen-bond acceptors (Lipinski definition) is 12. The van der Waals surface area contributed by atoms with Crippen LogP contribution < -0.4 is 5.32 Å². The first-order valence-electron chi connectivity index (χ1n) is 11.9. The number of imidazole rings is 1. The van der Waals surface area contributed by atoms with E-state index in [4.69, 9.17) is 18.9 Å². The van der Waals surface area contributed by atoms with Gasteiger partial charge in [0.15, 0.2) is 35.4 Å². The molecule has 0 amide bonds. The van der Waals surface area contributed by atoms with Crippen molar-refractivity contribution in [1.29, 1.82) is 5.26 Å². The fraction of sp³-hybridized carbons (Fsp3) is 0.400. The van der Waals surface area contributed by atoms with Gasteiger partial charge in [0, 0.05) is 20.4 Å². The molecule has 3 aromatic rings. The minimum atomic E-state index is -1.02. The highest BCUT2D eigenvalue weighted by molar-refractivity contribution is 5.83. The molecule has 0 unspecified atom stereocenters. The van der Waals surface area contributed by atoms with Crippen LogP contribution in [0.1, 0.15) is 37.9 Å². The molecule has 3 atom stereocenters. The van der Waals surface area contributed by atoms with Gasteiger partial charge < -0.3 is 24.3 Å². The Kier molecular flexibility index (Phi) is 8.44. The largest absolute Gasteiger partial charge is 0.465 e. The summed E-state index contributed by atoms with van der Waals surface area (Å²) in [5.74, 6) is -1.48. The summed E-state index contributed by atoms with van der Waals surface area (Å²) in [6.07, 6.45) is -0.884. The summed E-state index contributed by atoms with van der Waals surface area (Å²) in [6, 6.07) is 11.8. The van der Waals surface area contributed by atoms with E-state index in [9.17, 15) is 19.6 Å². The molecule has 1 aliphatic rings. The van der Waals surface area contributed by atoms with Crippen LogP contribution in [-0.4, -0.2) is 69.4 Å². The Balaban J connectivity index is 1.54. The topological polar surface area (TPSA) is 168 Å². The van der Waals surface area contributed by atoms with Crippen LogP contribution in [0.4, 0.5) is 5.82 Å². The zero-order chi connectivity index (χ0) is 27.1. The molecule has 1 aromatic carbocycles. The number of nitriles is 1. The minimum absolute atomic E-state index is 0.0695. The predicted molar refractivity (Wildman–Crippen MR) is 130 cm³/mol. The maximum Gasteiger partial charge on any atom is 0.309 e. The van der Waals surface area contributed by atoms with Crippen molar-refractivity contribution in [3.05, 3.63) is 48.0 Å². The Hall–Kier alpha value is -4.57. The molecule has 198 valence electrons. The summed E-state index contributed by atoms with van der Waals surface area (Å²) >= 11 is 0. The third-order valence-corrected chi connectivity index (χ3v) is 5.62. The van der Waals surface area contributed by atoms with E-state index in [2.05, 4.69) is 20.3 Å². The zero-order valence-corrected chi connectivity index (χ0v) is 20.8. The molecule has 1 N–H and O–H groups in total. The Morgan fingerprint density at radius 2 is 1.95 bits per heavy atom. The fourth-order valence-electron chi connectivity index (χ4n) is 3.98. The van der Waals surface area contributed by atoms with Gasteiger partial charge in [-0.2, -0.15) is 15.2 Å². The van der Waals surface area contributed by atoms with Gasteiger partial charge in [-0.1, -0.05) is 30.3 Å². The predicted octanol–water partition coefficient (Wildman–Crippen LogP) is 1.68. The van der Waals surface area contributed by atoms with Crippen molar-refractivity contribution in [3.8, 4) is 6.07 Å². The van der Waals surface area contributed by atoms with Crippen molar-refractivity contribution in [2.24, 2.45) is 0 Å². The lowest BCUT2D eigenvalue weighted by Gasteiger charge is -2.23. The van der Waals surface area contributed by atoms with Crippen LogP contribution in [0.15, 0.2) is 36.7 Å². The Morgan fingerprint density at radius 3 is 2.66 bits per heavy atom. The standard InChI is InChI=1S/C25H26N6O7/c1-15(32)35-11-9-20(34)38-18-13-36-25(22(18)37-16(2)33)31-14-28-21-23(29-19(12-26)30-24(21)31)27-10-8-17-6-4-3-5-7-17/h3-7,14,18,22,25H,8-11,13H2,1-2H3,(H,27,29,30)/t18-,22-,25-/m1/s1. The van der Waals surface area contributed by atoms with E-state index in [0.717, 1.165) is 12.0 Å². The zero-order valence-electron chi connectivity index (χ0n) is 20.8. The molecule has 1 aliphatic heterocycles. The summed E-state index contributed by atoms with van der Waals surface area (Å²) in [5.41, 5.74) is 1.81. The van der Waals surface area contributed by atoms with Crippen LogP contribution in [0.3, 0.4) is 0 Å². The van der Waals surface area contributed by atoms with Crippen molar-refractivity contribution in [3.63, 3.8) is 0 Å². The molecule has 0 spiro atoms. The monoisotopic (exact) mass is 522 g/mol. The molecule has 1 saturated heterocycles. The van der Waals surface area contributed by atoms with Crippen LogP contribution in [0.5, 0.6) is 0 Å². The highest BCUT2D eigenvalue weighted by atomic mass is 16.6. The summed E-state index contributed by atoms with van der Waals surface area (Å²) in [7, 11) is 0. The summed E-state index contributed by atoms with van der Waals surface area (Å²) in [4.78, 5) is 48.0. The Bertz CT molecular complexity index is 1350. The van der Waals surface area contributed by atoms with E-state index in [1.54, 1.807) is 0 Å². The fourth-order valence-corrected chi connectivity index (χ4v) is 3.98. The number of benzene rings is 1. The van der Waals surface area contributed by atoms with Crippen LogP contribution in [0, 0.1) is 11.3 Å². The van der Waals surface area contributed by atoms with E-state index in [1.807, 2.05) is 36.4 Å². The molecule has 0 aliphatic carbocycles. The van der Waals surface area contributed by atoms with Gasteiger partial charge in [-0.15, -0.1) is 0 Å². The molecule has 1 fully saturated rings. The molecule has 13 heteroatoms. The van der Waals surface area contributed by atoms with Crippen molar-refractivity contribution < 1.29 is 33.3 Å². The summed E-state index contributed by atoms with van der Waals surface area (Å²) in [5, 5.41) is 12.7. The summed E-state index contributed by atoms with van der Waals surface area (Å²) in [6.45, 7) is 2.79. The molecule has 13 nitrogen and oxygen atoms in total. The van der Waals surface area contributed by atoms with Crippen LogP contribution >= 0.6 is 0 Å². The van der Waals surface area contributed by atoms with Gasteiger partial charge in [0.1, 0.15) is 12.7 Å². The van der Waals surface area contributed by atoms with Gasteiger partial charge in [0.2, 0.25) is 5.82 Å². The van der Waals surface area contributed by atoms with Crippen molar-refractivity contribution in [2.75, 3.05) is 25.1 Å². The van der Waals surface area contributed by atoms with Crippen molar-refractivity contribution in [1.82, 2.24) is 19.5 Å². The second-order valence-electron chi connectivity index (χ2n) is 8.41. The molecule has 2 aromatic heterocycles. The first kappa shape index (κ1) is 26.5. The van der Waals surface area contributed by atoms with E-state index >= 15 is 0 Å². The number of ether oxygens (including phenoxy) is 4. The number of aromatic nitrogens is 4. The van der Waals surface area contributed by atoms with Crippen molar-refractivity contribution >= 4 is 34.9 Å². The molecule has 38 heavy (non-hydrogen) atoms. The minimum Gasteiger partial charge on any atom is -0.465 e. The number of carbonyl (C=O) groups is 3. The van der Waals surface area contributed by atoms with Gasteiger partial charge in [0.05, 0.1) is 19.4 Å². The number of anilines is 1. The third kappa shape index (κ3) is 6.40. The number of hydrogen-bond donors (Lipinski definition) is 1. The number of nitrogens with zero attached hydrogens (tertiary/aromatic N) is 5. The first-order valence-corrected chi connectivity index (χ1v) is 11.9. The molecule has 0 radical (unpaired) electrons. The van der Waals surface area contributed by atoms with Crippen LogP contribution in [0.25, 0.3) is 11.2 Å². The average molecular weight is 523 g/mol. The van der Waals surface area contributed by atoms with E-state index in [0.29, 0.717) is 17.9 Å². The third-order valence-electron chi connectivity index (χ3n) is 5.62. The van der Waals surface area contributed by atoms with Crippen LogP contribution in [0.2, 0.25) is 0 Å². The molecule has 0 bridgehead atoms. The van der Waals surface area contributed by atoms with Gasteiger partial charge in [-0.25, -0.2) is 4.98 Å². The van der Waals surface area contributed by atoms with Gasteiger partial charge in [0.25, 0.3) is 0 Å². The lowest BCUT2D eigenvalue weighted by molar-refractivity contribution is -0.167. The maximum absolute atomic E-state index is 12.3. The second kappa shape index (κ2) is 12.1. The number of nitrogens with one attached hydrogen (secondary N) is 1. The Labute approximate surface area is 217 Å². The molecular weight excluding hydrogens is 496 g/mol. The number of esters is 3. The second-order valence-corrected chi connectivity index (χ2v) is 8.41. The van der Waals surface area contributed by atoms with E-state index < -0.39 is 36.3 Å². The highest BCUT2D eigenvalue weighted by Crippen LogP contribution is 2.32. The van der Waals surface area contributed by atoms with Gasteiger partial charge in [-0.05, 0) is 12.0 Å². The normalized spacial score (nSPS) is 18.5. The molecular formula is C25H26N6O7. The number of fused-ring (bicyclic) bond motifs is 1. The Morgan fingerprint density at radius 1 is 1.16 bits per heavy atom. The molecule has 3 heterocycles. The maximum atomic E-state index is 12.3. The smallest absolute Gasteiger partial charge is 0.309 e. The van der Waals surface area contributed by atoms with Crippen LogP contribution in [-0.2, 0) is 39.8 Å². The van der Waals surface area contributed by atoms with E-state index in [1.165, 1.54) is 24.7 Å². The SMILES string of the molecule is CC(=O)OCCC(=O)O[C@@H]1CO[C@@H](n2cnc3c(NCCc4ccccc4)nc(C#N)nc32)[C@@H]1OC(C)=O. The van der Waals surface area contributed by atoms with Crippen molar-refractivity contribution in [2.45, 2.75) is 45.1 Å². The number of carbonyl (C=O) groups excluding carboxylic acids is 3. The van der Waals surface area contributed by atoms with Gasteiger partial charge in [-0.3, -0.25) is 19.0 Å². The summed E-state index contributed by atoms with van der Waals surface area (Å²) < 4.78 is 23.0. The van der Waals surface area contributed by atoms with Gasteiger partial charge >= 0.3 is 17.9 Å². The highest BCUT2D eigenvalue weighted by Gasteiger charge is 2.44. The molecule has 4 rings (SSSR count).